The highest BCUT2D eigenvalue weighted by atomic mass is 35.5. The molecule has 0 spiro atoms. The van der Waals surface area contributed by atoms with E-state index in [0.717, 1.165) is 29.4 Å². The van der Waals surface area contributed by atoms with Gasteiger partial charge in [-0.3, -0.25) is 4.79 Å². The van der Waals surface area contributed by atoms with E-state index in [1.54, 1.807) is 30.3 Å². The van der Waals surface area contributed by atoms with Crippen molar-refractivity contribution in [3.63, 3.8) is 0 Å². The first-order valence-corrected chi connectivity index (χ1v) is 13.0. The van der Waals surface area contributed by atoms with Crippen molar-refractivity contribution < 1.29 is 14.7 Å². The molecule has 0 aliphatic carbocycles. The number of para-hydroxylation sites is 2. The molecule has 0 aliphatic heterocycles. The van der Waals surface area contributed by atoms with Gasteiger partial charge in [0.15, 0.2) is 5.78 Å². The Morgan fingerprint density at radius 1 is 0.895 bits per heavy atom. The second kappa shape index (κ2) is 11.0. The molecule has 0 unspecified atom stereocenters. The first-order chi connectivity index (χ1) is 18.4. The predicted octanol–water partition coefficient (Wildman–Crippen LogP) is 8.41. The van der Waals surface area contributed by atoms with Crippen molar-refractivity contribution in [3.8, 4) is 22.5 Å². The molecule has 0 fully saturated rings. The molecule has 0 saturated heterocycles. The van der Waals surface area contributed by atoms with Crippen LogP contribution < -0.4 is 0 Å². The van der Waals surface area contributed by atoms with E-state index in [0.29, 0.717) is 39.5 Å². The molecule has 0 aliphatic rings. The quantitative estimate of drug-likeness (QED) is 0.190. The van der Waals surface area contributed by atoms with E-state index in [4.69, 9.17) is 16.6 Å². The highest BCUT2D eigenvalue weighted by molar-refractivity contribution is 6.31. The van der Waals surface area contributed by atoms with Crippen LogP contribution in [0.2, 0.25) is 5.02 Å². The van der Waals surface area contributed by atoms with Crippen molar-refractivity contribution in [1.82, 2.24) is 9.97 Å². The molecular formula is C32H27ClN2O3. The molecule has 5 aromatic rings. The minimum absolute atomic E-state index is 0.0577. The summed E-state index contributed by atoms with van der Waals surface area (Å²) in [5.41, 5.74) is 5.08. The molecule has 1 heterocycles. The number of imidazole rings is 1. The third kappa shape index (κ3) is 5.24. The van der Waals surface area contributed by atoms with Crippen LogP contribution in [-0.4, -0.2) is 26.8 Å². The van der Waals surface area contributed by atoms with Gasteiger partial charge in [0, 0.05) is 22.6 Å². The Kier molecular flexibility index (Phi) is 7.38. The molecule has 0 radical (unpaired) electrons. The molecule has 38 heavy (non-hydrogen) atoms. The smallest absolute Gasteiger partial charge is 0.336 e. The number of H-pyrrole nitrogens is 1. The van der Waals surface area contributed by atoms with Gasteiger partial charge in [-0.1, -0.05) is 85.6 Å². The average molecular weight is 523 g/mol. The van der Waals surface area contributed by atoms with Crippen molar-refractivity contribution in [2.24, 2.45) is 0 Å². The number of carbonyl (C=O) groups excluding carboxylic acids is 1. The third-order valence-corrected chi connectivity index (χ3v) is 7.06. The molecule has 0 saturated carbocycles. The number of nitrogens with zero attached hydrogens (tertiary/aromatic N) is 1. The highest BCUT2D eigenvalue weighted by Crippen LogP contribution is 2.36. The Balaban J connectivity index is 1.54. The number of rotatable bonds is 9. The molecule has 1 aromatic heterocycles. The molecular weight excluding hydrogens is 496 g/mol. The minimum Gasteiger partial charge on any atom is -0.478 e. The fourth-order valence-corrected chi connectivity index (χ4v) is 5.13. The van der Waals surface area contributed by atoms with Crippen molar-refractivity contribution >= 4 is 34.4 Å². The van der Waals surface area contributed by atoms with Crippen LogP contribution in [0.5, 0.6) is 0 Å². The molecule has 1 atom stereocenters. The Bertz CT molecular complexity index is 1590. The van der Waals surface area contributed by atoms with Crippen LogP contribution in [0.15, 0.2) is 91.0 Å². The van der Waals surface area contributed by atoms with Crippen LogP contribution in [-0.2, 0) is 0 Å². The SMILES string of the molecule is CCC[C@@H](CC(=O)c1ccc(-c2ccc(Cl)cc2-c2nc3ccccc3[nH]2)c(C(=O)O)c1)c1ccccc1. The monoisotopic (exact) mass is 522 g/mol. The second-order valence-electron chi connectivity index (χ2n) is 9.38. The molecule has 190 valence electrons. The summed E-state index contributed by atoms with van der Waals surface area (Å²) in [4.78, 5) is 33.7. The van der Waals surface area contributed by atoms with E-state index < -0.39 is 5.97 Å². The summed E-state index contributed by atoms with van der Waals surface area (Å²) >= 11 is 6.34. The minimum atomic E-state index is -1.10. The summed E-state index contributed by atoms with van der Waals surface area (Å²) in [7, 11) is 0. The maximum Gasteiger partial charge on any atom is 0.336 e. The number of nitrogens with one attached hydrogen (secondary N) is 1. The lowest BCUT2D eigenvalue weighted by Gasteiger charge is -2.17. The fraction of sp³-hybridized carbons (Fsp3) is 0.156. The summed E-state index contributed by atoms with van der Waals surface area (Å²) in [6.07, 6.45) is 2.15. The van der Waals surface area contributed by atoms with E-state index in [1.165, 1.54) is 6.07 Å². The zero-order valence-corrected chi connectivity index (χ0v) is 21.7. The van der Waals surface area contributed by atoms with E-state index in [1.807, 2.05) is 54.6 Å². The number of ketones is 1. The fourth-order valence-electron chi connectivity index (χ4n) is 4.96. The van der Waals surface area contributed by atoms with Gasteiger partial charge in [-0.25, -0.2) is 9.78 Å². The molecule has 0 amide bonds. The van der Waals surface area contributed by atoms with Gasteiger partial charge in [0.25, 0.3) is 0 Å². The highest BCUT2D eigenvalue weighted by Gasteiger charge is 2.22. The number of Topliss-reactive ketones (excluding diaryl/α,β-unsaturated/α-hetero) is 1. The summed E-state index contributed by atoms with van der Waals surface area (Å²) in [5, 5.41) is 10.7. The predicted molar refractivity (Wildman–Crippen MR) is 152 cm³/mol. The summed E-state index contributed by atoms with van der Waals surface area (Å²) < 4.78 is 0. The van der Waals surface area contributed by atoms with Crippen molar-refractivity contribution in [3.05, 3.63) is 113 Å². The molecule has 4 aromatic carbocycles. The van der Waals surface area contributed by atoms with Crippen LogP contribution in [0.1, 0.15) is 58.4 Å². The van der Waals surface area contributed by atoms with E-state index in [2.05, 4.69) is 11.9 Å². The average Bonchev–Trinajstić information content (AvgIpc) is 3.37. The van der Waals surface area contributed by atoms with E-state index in [-0.39, 0.29) is 17.3 Å². The maximum absolute atomic E-state index is 13.3. The summed E-state index contributed by atoms with van der Waals surface area (Å²) in [6, 6.07) is 27.9. The van der Waals surface area contributed by atoms with Crippen LogP contribution >= 0.6 is 11.6 Å². The van der Waals surface area contributed by atoms with Gasteiger partial charge in [-0.05, 0) is 59.4 Å². The standard InChI is InChI=1S/C32H27ClN2O3/c1-2-8-21(20-9-4-3-5-10-20)18-30(36)22-13-15-25(27(17-22)32(37)38)24-16-14-23(33)19-26(24)31-34-28-11-6-7-12-29(28)35-31/h3-7,9-17,19,21H,2,8,18H2,1H3,(H,34,35)(H,37,38)/t21-/m0/s1. The van der Waals surface area contributed by atoms with Gasteiger partial charge in [-0.15, -0.1) is 0 Å². The molecule has 6 heteroatoms. The van der Waals surface area contributed by atoms with Gasteiger partial charge in [-0.2, -0.15) is 0 Å². The number of hydrogen-bond donors (Lipinski definition) is 2. The number of aromatic carboxylic acids is 1. The zero-order valence-electron chi connectivity index (χ0n) is 20.9. The summed E-state index contributed by atoms with van der Waals surface area (Å²) in [5.74, 6) is -0.508. The number of aromatic amines is 1. The Morgan fingerprint density at radius 2 is 1.63 bits per heavy atom. The number of carbonyl (C=O) groups is 2. The van der Waals surface area contributed by atoms with Gasteiger partial charge in [0.2, 0.25) is 0 Å². The van der Waals surface area contributed by atoms with Gasteiger partial charge >= 0.3 is 5.97 Å². The van der Waals surface area contributed by atoms with Crippen LogP contribution in [0, 0.1) is 0 Å². The zero-order chi connectivity index (χ0) is 26.6. The van der Waals surface area contributed by atoms with Crippen LogP contribution in [0.4, 0.5) is 0 Å². The normalized spacial score (nSPS) is 11.9. The number of aromatic nitrogens is 2. The third-order valence-electron chi connectivity index (χ3n) is 6.83. The number of carboxylic acid groups (broad SMARTS) is 1. The summed E-state index contributed by atoms with van der Waals surface area (Å²) in [6.45, 7) is 2.10. The molecule has 5 rings (SSSR count). The van der Waals surface area contributed by atoms with Gasteiger partial charge < -0.3 is 10.1 Å². The largest absolute Gasteiger partial charge is 0.478 e. The Morgan fingerprint density at radius 3 is 2.37 bits per heavy atom. The number of hydrogen-bond acceptors (Lipinski definition) is 3. The van der Waals surface area contributed by atoms with Crippen LogP contribution in [0.25, 0.3) is 33.5 Å². The number of carboxylic acids is 1. The van der Waals surface area contributed by atoms with E-state index >= 15 is 0 Å². The van der Waals surface area contributed by atoms with E-state index in [9.17, 15) is 14.7 Å². The van der Waals surface area contributed by atoms with Gasteiger partial charge in [0.05, 0.1) is 16.6 Å². The maximum atomic E-state index is 13.3. The van der Waals surface area contributed by atoms with Gasteiger partial charge in [0.1, 0.15) is 5.82 Å². The molecule has 5 nitrogen and oxygen atoms in total. The Labute approximate surface area is 226 Å². The van der Waals surface area contributed by atoms with Crippen molar-refractivity contribution in [2.45, 2.75) is 32.1 Å². The van der Waals surface area contributed by atoms with Crippen LogP contribution in [0.3, 0.4) is 0 Å². The molecule has 2 N–H and O–H groups in total. The topological polar surface area (TPSA) is 83.0 Å². The number of fused-ring (bicyclic) bond motifs is 1. The lowest BCUT2D eigenvalue weighted by molar-refractivity contribution is 0.0697. The number of halogens is 1. The first-order valence-electron chi connectivity index (χ1n) is 12.6. The first kappa shape index (κ1) is 25.4. The lowest BCUT2D eigenvalue weighted by atomic mass is 9.87. The lowest BCUT2D eigenvalue weighted by Crippen LogP contribution is -2.10. The van der Waals surface area contributed by atoms with Crippen molar-refractivity contribution in [2.75, 3.05) is 0 Å². The van der Waals surface area contributed by atoms with Crippen molar-refractivity contribution in [1.29, 1.82) is 0 Å². The Hall–Kier alpha value is -4.22. The molecule has 0 bridgehead atoms. The number of benzene rings is 4. The second-order valence-corrected chi connectivity index (χ2v) is 9.82.